The number of halogens is 3. The Morgan fingerprint density at radius 1 is 1.42 bits per heavy atom. The highest BCUT2D eigenvalue weighted by molar-refractivity contribution is 7.15. The van der Waals surface area contributed by atoms with E-state index in [-0.39, 0.29) is 18.2 Å². The molecule has 0 aliphatic carbocycles. The number of methoxy groups -OCH3 is 1. The minimum absolute atomic E-state index is 0.0198. The van der Waals surface area contributed by atoms with Crippen molar-refractivity contribution in [3.05, 3.63) is 35.1 Å². The van der Waals surface area contributed by atoms with Crippen molar-refractivity contribution in [3.8, 4) is 10.7 Å². The van der Waals surface area contributed by atoms with Gasteiger partial charge in [0, 0.05) is 4.88 Å². The Morgan fingerprint density at radius 3 is 2.88 bits per heavy atom. The van der Waals surface area contributed by atoms with Crippen LogP contribution in [0.25, 0.3) is 10.7 Å². The van der Waals surface area contributed by atoms with E-state index in [1.165, 1.54) is 18.1 Å². The average Bonchev–Trinajstić information content (AvgIpc) is 3.25. The van der Waals surface area contributed by atoms with Gasteiger partial charge in [-0.2, -0.15) is 23.3 Å². The van der Waals surface area contributed by atoms with Gasteiger partial charge in [0.15, 0.2) is 0 Å². The van der Waals surface area contributed by atoms with E-state index in [0.29, 0.717) is 9.75 Å². The smallest absolute Gasteiger partial charge is 0.463 e. The molecular weight excluding hydrogens is 351 g/mol. The summed E-state index contributed by atoms with van der Waals surface area (Å²) in [7, 11) is 1.22. The lowest BCUT2D eigenvalue weighted by Crippen LogP contribution is -2.13. The van der Waals surface area contributed by atoms with Gasteiger partial charge in [-0.3, -0.25) is 0 Å². The molecule has 0 bridgehead atoms. The lowest BCUT2D eigenvalue weighted by molar-refractivity contribution is -0.159. The lowest BCUT2D eigenvalue weighted by atomic mass is 10.4. The summed E-state index contributed by atoms with van der Waals surface area (Å²) >= 11 is 1.14. The van der Waals surface area contributed by atoms with Crippen molar-refractivity contribution < 1.29 is 27.2 Å². The molecule has 0 spiro atoms. The topological polar surface area (TPSA) is 95.9 Å². The molecule has 126 valence electrons. The number of alkyl halides is 3. The zero-order valence-electron chi connectivity index (χ0n) is 11.9. The summed E-state index contributed by atoms with van der Waals surface area (Å²) in [5, 5.41) is 7.23. The average molecular weight is 359 g/mol. The van der Waals surface area contributed by atoms with E-state index < -0.39 is 18.0 Å². The van der Waals surface area contributed by atoms with Crippen LogP contribution in [0.4, 0.5) is 13.2 Å². The maximum absolute atomic E-state index is 12.5. The van der Waals surface area contributed by atoms with Crippen molar-refractivity contribution in [3.63, 3.8) is 0 Å². The van der Waals surface area contributed by atoms with Crippen LogP contribution in [0, 0.1) is 0 Å². The molecule has 24 heavy (non-hydrogen) atoms. The van der Waals surface area contributed by atoms with Gasteiger partial charge in [0.1, 0.15) is 6.33 Å². The van der Waals surface area contributed by atoms with Crippen molar-refractivity contribution >= 4 is 17.3 Å². The standard InChI is InChI=1S/C12H8F3N5O3S/c1-22-10(21)9-16-5-17-20(9)4-6-2-3-7(24-6)8-18-11(23-19-8)12(13,14)15/h2-3,5H,4H2,1H3. The Morgan fingerprint density at radius 2 is 2.21 bits per heavy atom. The molecule has 0 radical (unpaired) electrons. The molecule has 3 heterocycles. The fourth-order valence-electron chi connectivity index (χ4n) is 1.80. The van der Waals surface area contributed by atoms with Crippen molar-refractivity contribution in [2.75, 3.05) is 7.11 Å². The lowest BCUT2D eigenvalue weighted by Gasteiger charge is -2.02. The third-order valence-corrected chi connectivity index (χ3v) is 3.91. The van der Waals surface area contributed by atoms with Crippen LogP contribution in [-0.2, 0) is 17.5 Å². The van der Waals surface area contributed by atoms with Crippen LogP contribution in [0.2, 0.25) is 0 Å². The van der Waals surface area contributed by atoms with E-state index in [0.717, 1.165) is 11.3 Å². The highest BCUT2D eigenvalue weighted by Crippen LogP contribution is 2.31. The van der Waals surface area contributed by atoms with E-state index in [4.69, 9.17) is 0 Å². The third-order valence-electron chi connectivity index (χ3n) is 2.84. The SMILES string of the molecule is COC(=O)c1ncnn1Cc1ccc(-c2noc(C(F)(F)F)n2)s1. The highest BCUT2D eigenvalue weighted by Gasteiger charge is 2.38. The molecule has 0 fully saturated rings. The summed E-state index contributed by atoms with van der Waals surface area (Å²) in [5.41, 5.74) is 0. The molecule has 0 amide bonds. The normalized spacial score (nSPS) is 11.7. The molecule has 12 heteroatoms. The fraction of sp³-hybridized carbons (Fsp3) is 0.250. The Balaban J connectivity index is 1.80. The molecule has 0 N–H and O–H groups in total. The van der Waals surface area contributed by atoms with Crippen molar-refractivity contribution in [2.24, 2.45) is 0 Å². The monoisotopic (exact) mass is 359 g/mol. The molecule has 0 aliphatic heterocycles. The van der Waals surface area contributed by atoms with Gasteiger partial charge in [-0.05, 0) is 12.1 Å². The Labute approximate surface area is 135 Å². The number of esters is 1. The summed E-state index contributed by atoms with van der Waals surface area (Å²) in [6, 6.07) is 3.21. The summed E-state index contributed by atoms with van der Waals surface area (Å²) in [4.78, 5) is 19.7. The number of aromatic nitrogens is 5. The van der Waals surface area contributed by atoms with Gasteiger partial charge in [-0.25, -0.2) is 14.5 Å². The second kappa shape index (κ2) is 6.03. The number of carbonyl (C=O) groups is 1. The van der Waals surface area contributed by atoms with E-state index in [1.54, 1.807) is 12.1 Å². The van der Waals surface area contributed by atoms with Crippen LogP contribution in [0.15, 0.2) is 23.0 Å². The largest absolute Gasteiger partial charge is 0.471 e. The summed E-state index contributed by atoms with van der Waals surface area (Å²) in [6.07, 6.45) is -3.49. The molecule has 0 aliphatic rings. The Bertz CT molecular complexity index is 869. The number of hydrogen-bond donors (Lipinski definition) is 0. The fourth-order valence-corrected chi connectivity index (χ4v) is 2.71. The van der Waals surface area contributed by atoms with Crippen molar-refractivity contribution in [2.45, 2.75) is 12.7 Å². The predicted octanol–water partition coefficient (Wildman–Crippen LogP) is 2.24. The zero-order chi connectivity index (χ0) is 17.3. The van der Waals surface area contributed by atoms with Gasteiger partial charge < -0.3 is 9.26 Å². The molecule has 3 aromatic heterocycles. The molecule has 8 nitrogen and oxygen atoms in total. The maximum Gasteiger partial charge on any atom is 0.471 e. The van der Waals surface area contributed by atoms with Crippen LogP contribution in [-0.4, -0.2) is 38.0 Å². The Hall–Kier alpha value is -2.76. The maximum atomic E-state index is 12.5. The predicted molar refractivity (Wildman–Crippen MR) is 73.1 cm³/mol. The molecule has 3 rings (SSSR count). The number of rotatable bonds is 4. The van der Waals surface area contributed by atoms with Gasteiger partial charge >= 0.3 is 18.0 Å². The first kappa shape index (κ1) is 16.1. The van der Waals surface area contributed by atoms with Crippen molar-refractivity contribution in [1.29, 1.82) is 0 Å². The first-order valence-electron chi connectivity index (χ1n) is 6.34. The van der Waals surface area contributed by atoms with Crippen LogP contribution in [0.1, 0.15) is 21.4 Å². The minimum Gasteiger partial charge on any atom is -0.463 e. The molecular formula is C12H8F3N5O3S. The number of thiophene rings is 1. The van der Waals surface area contributed by atoms with E-state index >= 15 is 0 Å². The highest BCUT2D eigenvalue weighted by atomic mass is 32.1. The van der Waals surface area contributed by atoms with Crippen LogP contribution in [0.5, 0.6) is 0 Å². The van der Waals surface area contributed by atoms with E-state index in [1.807, 2.05) is 0 Å². The molecule has 0 saturated heterocycles. The number of hydrogen-bond acceptors (Lipinski definition) is 8. The number of ether oxygens (including phenoxy) is 1. The van der Waals surface area contributed by atoms with Gasteiger partial charge in [-0.1, -0.05) is 5.16 Å². The van der Waals surface area contributed by atoms with Gasteiger partial charge in [0.05, 0.1) is 18.5 Å². The quantitative estimate of drug-likeness (QED) is 0.659. The van der Waals surface area contributed by atoms with Gasteiger partial charge in [0.2, 0.25) is 11.6 Å². The van der Waals surface area contributed by atoms with Gasteiger partial charge in [0.25, 0.3) is 0 Å². The Kier molecular flexibility index (Phi) is 4.05. The second-order valence-corrected chi connectivity index (χ2v) is 5.59. The van der Waals surface area contributed by atoms with E-state index in [2.05, 4.69) is 29.5 Å². The summed E-state index contributed by atoms with van der Waals surface area (Å²) in [5.74, 6) is -2.19. The minimum atomic E-state index is -4.69. The molecule has 0 unspecified atom stereocenters. The number of carbonyl (C=O) groups excluding carboxylic acids is 1. The molecule has 0 aromatic carbocycles. The van der Waals surface area contributed by atoms with Crippen molar-refractivity contribution in [1.82, 2.24) is 24.9 Å². The molecule has 0 saturated carbocycles. The molecule has 0 atom stereocenters. The number of nitrogens with zero attached hydrogens (tertiary/aromatic N) is 5. The zero-order valence-corrected chi connectivity index (χ0v) is 12.8. The van der Waals surface area contributed by atoms with Crippen LogP contribution >= 0.6 is 11.3 Å². The third kappa shape index (κ3) is 3.13. The van der Waals surface area contributed by atoms with Crippen LogP contribution in [0.3, 0.4) is 0 Å². The van der Waals surface area contributed by atoms with Gasteiger partial charge in [-0.15, -0.1) is 11.3 Å². The second-order valence-electron chi connectivity index (χ2n) is 4.42. The van der Waals surface area contributed by atoms with Crippen LogP contribution < -0.4 is 0 Å². The first-order valence-corrected chi connectivity index (χ1v) is 7.16. The summed E-state index contributed by atoms with van der Waals surface area (Å²) < 4.78 is 47.5. The summed E-state index contributed by atoms with van der Waals surface area (Å²) in [6.45, 7) is 0.194. The molecule has 3 aromatic rings. The first-order chi connectivity index (χ1) is 11.4. The van der Waals surface area contributed by atoms with E-state index in [9.17, 15) is 18.0 Å².